The molecule has 1 saturated carbocycles. The Kier molecular flexibility index (Phi) is 6.36. The highest BCUT2D eigenvalue weighted by Crippen LogP contribution is 2.36. The van der Waals surface area contributed by atoms with E-state index in [1.54, 1.807) is 13.0 Å². The quantitative estimate of drug-likeness (QED) is 0.509. The van der Waals surface area contributed by atoms with Gasteiger partial charge in [-0.05, 0) is 73.4 Å². The summed E-state index contributed by atoms with van der Waals surface area (Å²) in [4.78, 5) is 25.2. The smallest absolute Gasteiger partial charge is 0.269 e. The molecule has 1 aromatic carbocycles. The maximum atomic E-state index is 11.9. The molecule has 3 aliphatic rings. The number of rotatable bonds is 3. The highest BCUT2D eigenvalue weighted by atomic mass is 32.2. The highest BCUT2D eigenvalue weighted by Gasteiger charge is 2.33. The molecule has 1 saturated heterocycles. The summed E-state index contributed by atoms with van der Waals surface area (Å²) in [6.07, 6.45) is 13.5. The molecule has 2 atom stereocenters. The molecule has 1 aliphatic heterocycles. The predicted molar refractivity (Wildman–Crippen MR) is 109 cm³/mol. The number of carbonyl (C=O) groups excluding carboxylic acids is 2. The van der Waals surface area contributed by atoms with Crippen LogP contribution in [0.15, 0.2) is 41.3 Å². The minimum Gasteiger partial charge on any atom is -0.269 e. The fraction of sp³-hybridized carbons (Fsp3) is 0.455. The lowest BCUT2D eigenvalue weighted by Crippen LogP contribution is -2.27. The van der Waals surface area contributed by atoms with E-state index in [2.05, 4.69) is 19.1 Å². The number of hydrogen-bond donors (Lipinski definition) is 0. The maximum Gasteiger partial charge on any atom is 0.293 e. The average Bonchev–Trinajstić information content (AvgIpc) is 3.13. The Hall–Kier alpha value is -1.81. The van der Waals surface area contributed by atoms with Crippen molar-refractivity contribution in [3.05, 3.63) is 52.4 Å². The first kappa shape index (κ1) is 19.0. The number of amides is 2. The third-order valence-corrected chi connectivity index (χ3v) is 6.19. The summed E-state index contributed by atoms with van der Waals surface area (Å²) in [5.74, 6) is 1.77. The first-order valence-corrected chi connectivity index (χ1v) is 10.4. The van der Waals surface area contributed by atoms with Crippen LogP contribution in [-0.2, 0) is 11.2 Å². The summed E-state index contributed by atoms with van der Waals surface area (Å²) in [7, 11) is 0. The van der Waals surface area contributed by atoms with Gasteiger partial charge in [0.2, 0.25) is 0 Å². The van der Waals surface area contributed by atoms with Crippen molar-refractivity contribution in [1.82, 2.24) is 4.90 Å². The van der Waals surface area contributed by atoms with Gasteiger partial charge in [-0.25, -0.2) is 0 Å². The van der Waals surface area contributed by atoms with Crippen LogP contribution in [0.4, 0.5) is 4.79 Å². The Morgan fingerprint density at radius 2 is 1.73 bits per heavy atom. The van der Waals surface area contributed by atoms with E-state index in [1.807, 2.05) is 24.3 Å². The molecule has 0 N–H and O–H groups in total. The second-order valence-corrected chi connectivity index (χ2v) is 8.09. The Morgan fingerprint density at radius 1 is 1.08 bits per heavy atom. The largest absolute Gasteiger partial charge is 0.293 e. The van der Waals surface area contributed by atoms with Crippen molar-refractivity contribution in [1.29, 1.82) is 0 Å². The number of carbonyl (C=O) groups is 2. The standard InChI is InChI=1S/C14H15NO2S.C8H12/c1-3-10-5-7-11(8-6-10)9-12-13(16)15(4-2)14(17)18-12;1-2-7-4-5-8(3-1)6-7/h5-9H,3-4H2,1-2H3;4-5,7-8H,1-3,6H2/b12-9-;. The Bertz CT molecular complexity index is 708. The number of likely N-dealkylation sites (N-methyl/N-ethyl adjacent to an activating group) is 1. The van der Waals surface area contributed by atoms with E-state index in [9.17, 15) is 9.59 Å². The SMILES string of the molecule is C1=CC2CCCC1C2.CCc1ccc(/C=C2\SC(=O)N(CC)C2=O)cc1. The second kappa shape index (κ2) is 8.72. The van der Waals surface area contributed by atoms with E-state index in [1.165, 1.54) is 36.1 Å². The summed E-state index contributed by atoms with van der Waals surface area (Å²) in [5.41, 5.74) is 2.21. The van der Waals surface area contributed by atoms with Crippen molar-refractivity contribution in [2.45, 2.75) is 46.0 Å². The predicted octanol–water partition coefficient (Wildman–Crippen LogP) is 5.67. The molecular weight excluding hydrogens is 342 g/mol. The van der Waals surface area contributed by atoms with Crippen LogP contribution < -0.4 is 0 Å². The number of allylic oxidation sites excluding steroid dienone is 2. The third kappa shape index (κ3) is 4.47. The van der Waals surface area contributed by atoms with Crippen molar-refractivity contribution in [3.8, 4) is 0 Å². The van der Waals surface area contributed by atoms with Gasteiger partial charge in [-0.1, -0.05) is 49.8 Å². The highest BCUT2D eigenvalue weighted by molar-refractivity contribution is 8.18. The lowest BCUT2D eigenvalue weighted by atomic mass is 9.88. The van der Waals surface area contributed by atoms with Gasteiger partial charge >= 0.3 is 0 Å². The first-order chi connectivity index (χ1) is 12.6. The molecule has 0 aromatic heterocycles. The van der Waals surface area contributed by atoms with Gasteiger partial charge in [-0.15, -0.1) is 0 Å². The van der Waals surface area contributed by atoms with Gasteiger partial charge in [0.15, 0.2) is 0 Å². The number of imide groups is 1. The number of nitrogens with zero attached hydrogens (tertiary/aromatic N) is 1. The minimum atomic E-state index is -0.188. The van der Waals surface area contributed by atoms with Crippen LogP contribution in [0.1, 0.15) is 50.7 Å². The van der Waals surface area contributed by atoms with Gasteiger partial charge in [-0.2, -0.15) is 0 Å². The summed E-state index contributed by atoms with van der Waals surface area (Å²) in [6.45, 7) is 4.33. The molecule has 1 aromatic rings. The summed E-state index contributed by atoms with van der Waals surface area (Å²) in [6, 6.07) is 8.02. The summed E-state index contributed by atoms with van der Waals surface area (Å²) in [5, 5.41) is -0.182. The van der Waals surface area contributed by atoms with E-state index in [0.29, 0.717) is 11.4 Å². The van der Waals surface area contributed by atoms with Crippen molar-refractivity contribution >= 4 is 29.0 Å². The monoisotopic (exact) mass is 369 g/mol. The van der Waals surface area contributed by atoms with E-state index in [-0.39, 0.29) is 11.1 Å². The Balaban J connectivity index is 0.000000201. The molecule has 2 unspecified atom stereocenters. The van der Waals surface area contributed by atoms with Gasteiger partial charge < -0.3 is 0 Å². The number of benzene rings is 1. The van der Waals surface area contributed by atoms with E-state index < -0.39 is 0 Å². The van der Waals surface area contributed by atoms with Gasteiger partial charge in [0, 0.05) is 6.54 Å². The van der Waals surface area contributed by atoms with Crippen LogP contribution in [0.2, 0.25) is 0 Å². The Morgan fingerprint density at radius 3 is 2.23 bits per heavy atom. The number of thioether (sulfide) groups is 1. The van der Waals surface area contributed by atoms with Crippen LogP contribution >= 0.6 is 11.8 Å². The molecule has 1 heterocycles. The molecular formula is C22H27NO2S. The fourth-order valence-electron chi connectivity index (χ4n) is 3.70. The number of aryl methyl sites for hydroxylation is 1. The topological polar surface area (TPSA) is 37.4 Å². The first-order valence-electron chi connectivity index (χ1n) is 9.63. The average molecular weight is 370 g/mol. The van der Waals surface area contributed by atoms with Crippen molar-refractivity contribution in [3.63, 3.8) is 0 Å². The molecule has 2 aliphatic carbocycles. The van der Waals surface area contributed by atoms with Gasteiger partial charge in [0.25, 0.3) is 11.1 Å². The van der Waals surface area contributed by atoms with Gasteiger partial charge in [-0.3, -0.25) is 14.5 Å². The van der Waals surface area contributed by atoms with Crippen LogP contribution in [-0.4, -0.2) is 22.6 Å². The van der Waals surface area contributed by atoms with Crippen LogP contribution in [0.3, 0.4) is 0 Å². The Labute approximate surface area is 160 Å². The number of fused-ring (bicyclic) bond motifs is 2. The van der Waals surface area contributed by atoms with E-state index in [4.69, 9.17) is 0 Å². The van der Waals surface area contributed by atoms with Crippen molar-refractivity contribution in [2.75, 3.05) is 6.54 Å². The molecule has 4 heteroatoms. The molecule has 2 fully saturated rings. The molecule has 2 amide bonds. The zero-order chi connectivity index (χ0) is 18.5. The van der Waals surface area contributed by atoms with Crippen LogP contribution in [0.5, 0.6) is 0 Å². The molecule has 0 radical (unpaired) electrons. The summed E-state index contributed by atoms with van der Waals surface area (Å²) >= 11 is 1.01. The van der Waals surface area contributed by atoms with Crippen molar-refractivity contribution < 1.29 is 9.59 Å². The lowest BCUT2D eigenvalue weighted by Gasteiger charge is -2.17. The molecule has 4 rings (SSSR count). The zero-order valence-electron chi connectivity index (χ0n) is 15.6. The van der Waals surface area contributed by atoms with Gasteiger partial charge in [0.05, 0.1) is 4.91 Å². The third-order valence-electron chi connectivity index (χ3n) is 5.29. The van der Waals surface area contributed by atoms with Crippen LogP contribution in [0.25, 0.3) is 6.08 Å². The molecule has 2 bridgehead atoms. The van der Waals surface area contributed by atoms with Gasteiger partial charge in [0.1, 0.15) is 0 Å². The minimum absolute atomic E-state index is 0.182. The molecule has 0 spiro atoms. The zero-order valence-corrected chi connectivity index (χ0v) is 16.4. The lowest BCUT2D eigenvalue weighted by molar-refractivity contribution is -0.122. The molecule has 3 nitrogen and oxygen atoms in total. The van der Waals surface area contributed by atoms with E-state index in [0.717, 1.165) is 35.6 Å². The molecule has 138 valence electrons. The van der Waals surface area contributed by atoms with Crippen molar-refractivity contribution in [2.24, 2.45) is 11.8 Å². The summed E-state index contributed by atoms with van der Waals surface area (Å²) < 4.78 is 0. The fourth-order valence-corrected chi connectivity index (χ4v) is 4.61. The molecule has 26 heavy (non-hydrogen) atoms. The maximum absolute atomic E-state index is 11.9. The van der Waals surface area contributed by atoms with E-state index >= 15 is 0 Å². The van der Waals surface area contributed by atoms with Crippen LogP contribution in [0, 0.1) is 11.8 Å². The number of hydrogen-bond acceptors (Lipinski definition) is 3. The second-order valence-electron chi connectivity index (χ2n) is 7.09. The normalized spacial score (nSPS) is 25.6.